The SMILES string of the molecule is CN(CCC1CCCC1O)C1CCC(C)(C)CC1. The monoisotopic (exact) mass is 253 g/mol. The van der Waals surface area contributed by atoms with Crippen molar-refractivity contribution in [1.29, 1.82) is 0 Å². The second-order valence-electron chi connectivity index (χ2n) is 7.42. The highest BCUT2D eigenvalue weighted by molar-refractivity contribution is 4.84. The lowest BCUT2D eigenvalue weighted by atomic mass is 9.75. The van der Waals surface area contributed by atoms with Crippen LogP contribution in [0.2, 0.25) is 0 Å². The Morgan fingerprint density at radius 3 is 2.33 bits per heavy atom. The zero-order chi connectivity index (χ0) is 13.2. The standard InChI is InChI=1S/C16H31NO/c1-16(2)10-7-14(8-11-16)17(3)12-9-13-5-4-6-15(13)18/h13-15,18H,4-12H2,1-3H3. The predicted molar refractivity (Wildman–Crippen MR) is 76.6 cm³/mol. The van der Waals surface area contributed by atoms with Crippen LogP contribution in [0.4, 0.5) is 0 Å². The molecule has 2 heteroatoms. The Balaban J connectivity index is 1.70. The minimum absolute atomic E-state index is 0.0105. The lowest BCUT2D eigenvalue weighted by Gasteiger charge is -2.39. The Morgan fingerprint density at radius 1 is 1.11 bits per heavy atom. The highest BCUT2D eigenvalue weighted by Gasteiger charge is 2.30. The van der Waals surface area contributed by atoms with E-state index in [1.54, 1.807) is 0 Å². The van der Waals surface area contributed by atoms with Crippen LogP contribution in [0.15, 0.2) is 0 Å². The molecule has 18 heavy (non-hydrogen) atoms. The van der Waals surface area contributed by atoms with Crippen LogP contribution in [-0.2, 0) is 0 Å². The molecule has 0 saturated heterocycles. The van der Waals surface area contributed by atoms with Crippen molar-refractivity contribution in [3.8, 4) is 0 Å². The van der Waals surface area contributed by atoms with Crippen LogP contribution < -0.4 is 0 Å². The predicted octanol–water partition coefficient (Wildman–Crippen LogP) is 3.44. The number of rotatable bonds is 4. The minimum Gasteiger partial charge on any atom is -0.393 e. The fourth-order valence-corrected chi connectivity index (χ4v) is 3.73. The van der Waals surface area contributed by atoms with Gasteiger partial charge in [-0.25, -0.2) is 0 Å². The van der Waals surface area contributed by atoms with Gasteiger partial charge in [0.05, 0.1) is 6.10 Å². The molecule has 2 atom stereocenters. The Kier molecular flexibility index (Phi) is 4.71. The molecule has 0 aromatic heterocycles. The van der Waals surface area contributed by atoms with E-state index in [0.29, 0.717) is 11.3 Å². The second kappa shape index (κ2) is 5.92. The largest absolute Gasteiger partial charge is 0.393 e. The molecule has 2 fully saturated rings. The van der Waals surface area contributed by atoms with Gasteiger partial charge in [0.2, 0.25) is 0 Å². The van der Waals surface area contributed by atoms with E-state index in [4.69, 9.17) is 0 Å². The summed E-state index contributed by atoms with van der Waals surface area (Å²) in [7, 11) is 2.28. The smallest absolute Gasteiger partial charge is 0.0568 e. The first-order chi connectivity index (χ1) is 8.48. The molecule has 2 rings (SSSR count). The molecule has 2 nitrogen and oxygen atoms in total. The molecule has 0 aromatic carbocycles. The van der Waals surface area contributed by atoms with E-state index < -0.39 is 0 Å². The number of aliphatic hydroxyl groups is 1. The molecule has 106 valence electrons. The summed E-state index contributed by atoms with van der Waals surface area (Å²) >= 11 is 0. The summed E-state index contributed by atoms with van der Waals surface area (Å²) in [6.07, 6.45) is 10.1. The van der Waals surface area contributed by atoms with Crippen molar-refractivity contribution in [3.63, 3.8) is 0 Å². The number of hydrogen-bond donors (Lipinski definition) is 1. The van der Waals surface area contributed by atoms with Gasteiger partial charge in [-0.1, -0.05) is 20.3 Å². The highest BCUT2D eigenvalue weighted by atomic mass is 16.3. The van der Waals surface area contributed by atoms with Crippen molar-refractivity contribution in [1.82, 2.24) is 4.90 Å². The quantitative estimate of drug-likeness (QED) is 0.829. The van der Waals surface area contributed by atoms with Gasteiger partial charge in [0, 0.05) is 6.04 Å². The maximum Gasteiger partial charge on any atom is 0.0568 e. The summed E-state index contributed by atoms with van der Waals surface area (Å²) in [5.74, 6) is 0.576. The zero-order valence-corrected chi connectivity index (χ0v) is 12.5. The molecule has 0 aliphatic heterocycles. The van der Waals surface area contributed by atoms with Gasteiger partial charge < -0.3 is 10.0 Å². The average Bonchev–Trinajstić information content (AvgIpc) is 2.72. The summed E-state index contributed by atoms with van der Waals surface area (Å²) in [5.41, 5.74) is 0.568. The minimum atomic E-state index is -0.0105. The molecule has 2 unspecified atom stereocenters. The van der Waals surface area contributed by atoms with E-state index in [0.717, 1.165) is 12.5 Å². The van der Waals surface area contributed by atoms with Crippen LogP contribution in [0.1, 0.15) is 65.2 Å². The van der Waals surface area contributed by atoms with Gasteiger partial charge >= 0.3 is 0 Å². The molecule has 0 bridgehead atoms. The Morgan fingerprint density at radius 2 is 1.78 bits per heavy atom. The third kappa shape index (κ3) is 3.71. The molecule has 0 aromatic rings. The molecule has 0 heterocycles. The van der Waals surface area contributed by atoms with E-state index in [2.05, 4.69) is 25.8 Å². The van der Waals surface area contributed by atoms with Crippen molar-refractivity contribution in [2.75, 3.05) is 13.6 Å². The van der Waals surface area contributed by atoms with Crippen LogP contribution in [0.5, 0.6) is 0 Å². The maximum absolute atomic E-state index is 9.86. The lowest BCUT2D eigenvalue weighted by molar-refractivity contribution is 0.0972. The van der Waals surface area contributed by atoms with Gasteiger partial charge in [-0.3, -0.25) is 0 Å². The first-order valence-corrected chi connectivity index (χ1v) is 7.86. The third-order valence-corrected chi connectivity index (χ3v) is 5.40. The van der Waals surface area contributed by atoms with Crippen LogP contribution in [0.25, 0.3) is 0 Å². The van der Waals surface area contributed by atoms with Crippen LogP contribution >= 0.6 is 0 Å². The number of nitrogens with zero attached hydrogens (tertiary/aromatic N) is 1. The van der Waals surface area contributed by atoms with Crippen molar-refractivity contribution in [2.45, 2.75) is 77.4 Å². The summed E-state index contributed by atoms with van der Waals surface area (Å²) in [6.45, 7) is 5.98. The van der Waals surface area contributed by atoms with Crippen molar-refractivity contribution < 1.29 is 5.11 Å². The molecule has 0 spiro atoms. The maximum atomic E-state index is 9.86. The van der Waals surface area contributed by atoms with E-state index in [1.807, 2.05) is 0 Å². The lowest BCUT2D eigenvalue weighted by Crippen LogP contribution is -2.38. The van der Waals surface area contributed by atoms with Gasteiger partial charge in [0.25, 0.3) is 0 Å². The fourth-order valence-electron chi connectivity index (χ4n) is 3.73. The zero-order valence-electron chi connectivity index (χ0n) is 12.5. The molecular formula is C16H31NO. The van der Waals surface area contributed by atoms with E-state index in [1.165, 1.54) is 51.5 Å². The highest BCUT2D eigenvalue weighted by Crippen LogP contribution is 2.37. The topological polar surface area (TPSA) is 23.5 Å². The van der Waals surface area contributed by atoms with Crippen LogP contribution in [0, 0.1) is 11.3 Å². The fraction of sp³-hybridized carbons (Fsp3) is 1.00. The molecule has 2 aliphatic carbocycles. The van der Waals surface area contributed by atoms with E-state index in [9.17, 15) is 5.11 Å². The normalized spacial score (nSPS) is 33.2. The Hall–Kier alpha value is -0.0800. The van der Waals surface area contributed by atoms with E-state index >= 15 is 0 Å². The number of hydrogen-bond acceptors (Lipinski definition) is 2. The molecular weight excluding hydrogens is 222 g/mol. The molecule has 0 radical (unpaired) electrons. The second-order valence-corrected chi connectivity index (χ2v) is 7.42. The van der Waals surface area contributed by atoms with Crippen LogP contribution in [-0.4, -0.2) is 35.7 Å². The average molecular weight is 253 g/mol. The summed E-state index contributed by atoms with van der Waals surface area (Å²) < 4.78 is 0. The van der Waals surface area contributed by atoms with Crippen molar-refractivity contribution in [3.05, 3.63) is 0 Å². The van der Waals surface area contributed by atoms with E-state index in [-0.39, 0.29) is 6.10 Å². The third-order valence-electron chi connectivity index (χ3n) is 5.40. The summed E-state index contributed by atoms with van der Waals surface area (Å²) in [6, 6.07) is 0.788. The van der Waals surface area contributed by atoms with Crippen molar-refractivity contribution in [2.24, 2.45) is 11.3 Å². The van der Waals surface area contributed by atoms with Gasteiger partial charge in [0.1, 0.15) is 0 Å². The molecule has 2 saturated carbocycles. The van der Waals surface area contributed by atoms with Crippen molar-refractivity contribution >= 4 is 0 Å². The first-order valence-electron chi connectivity index (χ1n) is 7.86. The summed E-state index contributed by atoms with van der Waals surface area (Å²) in [5, 5.41) is 9.86. The van der Waals surface area contributed by atoms with Crippen LogP contribution in [0.3, 0.4) is 0 Å². The Labute approximate surface area is 113 Å². The molecule has 0 amide bonds. The first kappa shape index (κ1) is 14.3. The van der Waals surface area contributed by atoms with Gasteiger partial charge in [-0.15, -0.1) is 0 Å². The van der Waals surface area contributed by atoms with Gasteiger partial charge in [0.15, 0.2) is 0 Å². The van der Waals surface area contributed by atoms with Gasteiger partial charge in [-0.05, 0) is 69.9 Å². The number of aliphatic hydroxyl groups excluding tert-OH is 1. The Bertz CT molecular complexity index is 254. The molecule has 1 N–H and O–H groups in total. The molecule has 2 aliphatic rings. The summed E-state index contributed by atoms with van der Waals surface area (Å²) in [4.78, 5) is 2.56. The van der Waals surface area contributed by atoms with Gasteiger partial charge in [-0.2, -0.15) is 0 Å².